The predicted molar refractivity (Wildman–Crippen MR) is 104 cm³/mol. The van der Waals surface area contributed by atoms with Gasteiger partial charge in [-0.1, -0.05) is 27.7 Å². The molecule has 1 saturated heterocycles. The van der Waals surface area contributed by atoms with Gasteiger partial charge in [-0.25, -0.2) is 0 Å². The molecule has 3 heteroatoms. The summed E-state index contributed by atoms with van der Waals surface area (Å²) in [5.41, 5.74) is 0.500. The highest BCUT2D eigenvalue weighted by Crippen LogP contribution is 2.65. The minimum Gasteiger partial charge on any atom is -0.353 e. The molecular weight excluding hydrogens is 322 g/mol. The number of carbonyl (C=O) groups is 2. The van der Waals surface area contributed by atoms with E-state index in [1.54, 1.807) is 0 Å². The van der Waals surface area contributed by atoms with Crippen LogP contribution in [0.3, 0.4) is 0 Å². The summed E-state index contributed by atoms with van der Waals surface area (Å²) in [5, 5.41) is 3.32. The molecule has 0 aromatic heterocycles. The molecule has 0 spiro atoms. The van der Waals surface area contributed by atoms with Crippen molar-refractivity contribution in [2.45, 2.75) is 91.5 Å². The first-order valence-corrected chi connectivity index (χ1v) is 11.1. The van der Waals surface area contributed by atoms with E-state index in [-0.39, 0.29) is 22.7 Å². The fourth-order valence-corrected chi connectivity index (χ4v) is 7.71. The zero-order chi connectivity index (χ0) is 18.7. The SMILES string of the molecule is CC[C@H](C)C(=O)[C@H]1CC[C@H]2[C@@H]3CC[C@H]4NC(=O)CC[C@]4(C)[C@H]3CC[C@]12C. The van der Waals surface area contributed by atoms with Crippen LogP contribution in [0, 0.1) is 40.4 Å². The van der Waals surface area contributed by atoms with Crippen molar-refractivity contribution in [2.24, 2.45) is 40.4 Å². The molecule has 4 rings (SSSR count). The lowest BCUT2D eigenvalue weighted by molar-refractivity contribution is -0.142. The van der Waals surface area contributed by atoms with Crippen molar-refractivity contribution in [3.05, 3.63) is 0 Å². The summed E-state index contributed by atoms with van der Waals surface area (Å²) in [6.07, 6.45) is 9.95. The number of hydrogen-bond donors (Lipinski definition) is 1. The van der Waals surface area contributed by atoms with E-state index in [0.717, 1.165) is 43.4 Å². The number of nitrogens with one attached hydrogen (secondary N) is 1. The first kappa shape index (κ1) is 18.5. The standard InChI is InChI=1S/C23H37NO2/c1-5-14(2)21(26)18-8-7-16-15-6-9-19-23(4,13-11-20(25)24-19)17(15)10-12-22(16,18)3/h14-19H,5-13H2,1-4H3,(H,24,25)/t14-,15-,16-,17-,18+,19+,22-,23+/m0/s1. The predicted octanol–water partition coefficient (Wildman–Crippen LogP) is 4.74. The third kappa shape index (κ3) is 2.52. The molecule has 8 atom stereocenters. The maximum atomic E-state index is 13.1. The van der Waals surface area contributed by atoms with Crippen molar-refractivity contribution < 1.29 is 9.59 Å². The maximum Gasteiger partial charge on any atom is 0.220 e. The first-order valence-electron chi connectivity index (χ1n) is 11.1. The third-order valence-electron chi connectivity index (χ3n) is 9.54. The quantitative estimate of drug-likeness (QED) is 0.791. The molecule has 1 N–H and O–H groups in total. The molecular formula is C23H37NO2. The van der Waals surface area contributed by atoms with Crippen LogP contribution in [0.1, 0.15) is 85.5 Å². The molecule has 146 valence electrons. The molecule has 0 bridgehead atoms. The molecule has 4 aliphatic rings. The minimum absolute atomic E-state index is 0.218. The van der Waals surface area contributed by atoms with Gasteiger partial charge >= 0.3 is 0 Å². The number of Topliss-reactive ketones (excluding diaryl/α,β-unsaturated/α-hetero) is 1. The molecule has 0 unspecified atom stereocenters. The van der Waals surface area contributed by atoms with Crippen LogP contribution in [-0.2, 0) is 9.59 Å². The Hall–Kier alpha value is -0.860. The summed E-state index contributed by atoms with van der Waals surface area (Å²) in [7, 11) is 0. The summed E-state index contributed by atoms with van der Waals surface area (Å²) in [6, 6.07) is 0.383. The molecule has 1 amide bonds. The molecule has 3 aliphatic carbocycles. The van der Waals surface area contributed by atoms with Gasteiger partial charge in [0.1, 0.15) is 5.78 Å². The number of amides is 1. The molecule has 3 nitrogen and oxygen atoms in total. The number of carbonyl (C=O) groups excluding carboxylic acids is 2. The number of piperidine rings is 1. The Morgan fingerprint density at radius 2 is 1.81 bits per heavy atom. The first-order chi connectivity index (χ1) is 12.3. The lowest BCUT2D eigenvalue weighted by atomic mass is 9.47. The van der Waals surface area contributed by atoms with Crippen molar-refractivity contribution >= 4 is 11.7 Å². The van der Waals surface area contributed by atoms with Gasteiger partial charge in [-0.05, 0) is 80.0 Å². The van der Waals surface area contributed by atoms with Crippen LogP contribution in [0.4, 0.5) is 0 Å². The van der Waals surface area contributed by atoms with Gasteiger partial charge in [-0.2, -0.15) is 0 Å². The van der Waals surface area contributed by atoms with Gasteiger partial charge in [0, 0.05) is 24.3 Å². The Kier molecular flexibility index (Phi) is 4.51. The molecule has 0 radical (unpaired) electrons. The fourth-order valence-electron chi connectivity index (χ4n) is 7.71. The Bertz CT molecular complexity index is 601. The fraction of sp³-hybridized carbons (Fsp3) is 0.913. The van der Waals surface area contributed by atoms with Crippen LogP contribution in [0.15, 0.2) is 0 Å². The Morgan fingerprint density at radius 1 is 1.08 bits per heavy atom. The number of ketones is 1. The summed E-state index contributed by atoms with van der Waals surface area (Å²) in [6.45, 7) is 9.17. The van der Waals surface area contributed by atoms with Crippen LogP contribution in [0.2, 0.25) is 0 Å². The van der Waals surface area contributed by atoms with Crippen molar-refractivity contribution in [1.29, 1.82) is 0 Å². The molecule has 1 heterocycles. The second kappa shape index (κ2) is 6.34. The summed E-state index contributed by atoms with van der Waals surface area (Å²) < 4.78 is 0. The second-order valence-electron chi connectivity index (χ2n) is 10.5. The number of fused-ring (bicyclic) bond motifs is 5. The number of hydrogen-bond acceptors (Lipinski definition) is 2. The smallest absolute Gasteiger partial charge is 0.220 e. The monoisotopic (exact) mass is 359 g/mol. The zero-order valence-electron chi connectivity index (χ0n) is 17.1. The zero-order valence-corrected chi connectivity index (χ0v) is 17.1. The van der Waals surface area contributed by atoms with Crippen LogP contribution in [0.25, 0.3) is 0 Å². The lowest BCUT2D eigenvalue weighted by Crippen LogP contribution is -2.61. The van der Waals surface area contributed by atoms with Crippen molar-refractivity contribution in [3.63, 3.8) is 0 Å². The van der Waals surface area contributed by atoms with Gasteiger partial charge in [0.15, 0.2) is 0 Å². The second-order valence-corrected chi connectivity index (χ2v) is 10.5. The summed E-state index contributed by atoms with van der Waals surface area (Å²) >= 11 is 0. The summed E-state index contributed by atoms with van der Waals surface area (Å²) in [5.74, 6) is 3.52. The molecule has 0 aromatic carbocycles. The van der Waals surface area contributed by atoms with Gasteiger partial charge in [0.05, 0.1) is 0 Å². The van der Waals surface area contributed by atoms with Gasteiger partial charge in [0.25, 0.3) is 0 Å². The highest BCUT2D eigenvalue weighted by Gasteiger charge is 2.61. The van der Waals surface area contributed by atoms with E-state index in [0.29, 0.717) is 24.2 Å². The van der Waals surface area contributed by atoms with E-state index >= 15 is 0 Å². The van der Waals surface area contributed by atoms with E-state index in [2.05, 4.69) is 33.0 Å². The highest BCUT2D eigenvalue weighted by atomic mass is 16.1. The maximum absolute atomic E-state index is 13.1. The van der Waals surface area contributed by atoms with Crippen molar-refractivity contribution in [1.82, 2.24) is 5.32 Å². The largest absolute Gasteiger partial charge is 0.353 e. The normalized spacial score (nSPS) is 48.8. The molecule has 26 heavy (non-hydrogen) atoms. The van der Waals surface area contributed by atoms with Gasteiger partial charge in [-0.15, -0.1) is 0 Å². The molecule has 4 fully saturated rings. The molecule has 3 saturated carbocycles. The van der Waals surface area contributed by atoms with Crippen LogP contribution in [0.5, 0.6) is 0 Å². The Labute approximate surface area is 159 Å². The van der Waals surface area contributed by atoms with Gasteiger partial charge in [0.2, 0.25) is 5.91 Å². The third-order valence-corrected chi connectivity index (χ3v) is 9.54. The van der Waals surface area contributed by atoms with Crippen LogP contribution in [-0.4, -0.2) is 17.7 Å². The van der Waals surface area contributed by atoms with E-state index in [1.807, 2.05) is 0 Å². The lowest BCUT2D eigenvalue weighted by Gasteiger charge is -2.60. The average molecular weight is 360 g/mol. The van der Waals surface area contributed by atoms with Crippen molar-refractivity contribution in [3.8, 4) is 0 Å². The van der Waals surface area contributed by atoms with E-state index in [4.69, 9.17) is 0 Å². The van der Waals surface area contributed by atoms with E-state index in [9.17, 15) is 9.59 Å². The average Bonchev–Trinajstić information content (AvgIpc) is 2.98. The highest BCUT2D eigenvalue weighted by molar-refractivity contribution is 5.84. The Balaban J connectivity index is 1.58. The molecule has 0 aromatic rings. The minimum atomic E-state index is 0.218. The number of rotatable bonds is 3. The van der Waals surface area contributed by atoms with E-state index < -0.39 is 0 Å². The summed E-state index contributed by atoms with van der Waals surface area (Å²) in [4.78, 5) is 25.0. The van der Waals surface area contributed by atoms with Gasteiger partial charge in [-0.3, -0.25) is 9.59 Å². The van der Waals surface area contributed by atoms with Crippen LogP contribution < -0.4 is 5.32 Å². The van der Waals surface area contributed by atoms with E-state index in [1.165, 1.54) is 25.7 Å². The van der Waals surface area contributed by atoms with Gasteiger partial charge < -0.3 is 5.32 Å². The topological polar surface area (TPSA) is 46.2 Å². The van der Waals surface area contributed by atoms with Crippen molar-refractivity contribution in [2.75, 3.05) is 0 Å². The van der Waals surface area contributed by atoms with Crippen LogP contribution >= 0.6 is 0 Å². The Morgan fingerprint density at radius 3 is 2.54 bits per heavy atom. The molecule has 1 aliphatic heterocycles.